The number of esters is 1. The van der Waals surface area contributed by atoms with Gasteiger partial charge in [0.05, 0.1) is 6.42 Å². The summed E-state index contributed by atoms with van der Waals surface area (Å²) in [5, 5.41) is 0. The quantitative estimate of drug-likeness (QED) is 0.557. The number of hydrogen-bond acceptors (Lipinski definition) is 3. The summed E-state index contributed by atoms with van der Waals surface area (Å²) in [6.07, 6.45) is 4.02. The van der Waals surface area contributed by atoms with Gasteiger partial charge in [-0.05, 0) is 30.6 Å². The lowest BCUT2D eigenvalue weighted by molar-refractivity contribution is -0.153. The van der Waals surface area contributed by atoms with E-state index in [0.717, 1.165) is 32.5 Å². The molecule has 98 valence electrons. The standard InChI is InChI=1S/C14H25NO2/c1-11-8-12(10-14(2,3)9-11)17-13(16)4-5-15-6-7-15/h11-12H,4-10H2,1-3H3/t11-,12+/m0/s1. The summed E-state index contributed by atoms with van der Waals surface area (Å²) in [6.45, 7) is 10.0. The molecule has 2 fully saturated rings. The predicted molar refractivity (Wildman–Crippen MR) is 67.7 cm³/mol. The van der Waals surface area contributed by atoms with Gasteiger partial charge in [0, 0.05) is 19.6 Å². The Balaban J connectivity index is 1.74. The minimum absolute atomic E-state index is 0.00759. The molecule has 2 atom stereocenters. The molecule has 1 aliphatic carbocycles. The second-order valence-corrected chi connectivity index (χ2v) is 6.62. The molecule has 0 aromatic carbocycles. The molecule has 0 N–H and O–H groups in total. The van der Waals surface area contributed by atoms with Crippen LogP contribution in [0.1, 0.15) is 46.5 Å². The third kappa shape index (κ3) is 4.30. The highest BCUT2D eigenvalue weighted by atomic mass is 16.5. The molecular formula is C14H25NO2. The lowest BCUT2D eigenvalue weighted by Gasteiger charge is -2.38. The molecular weight excluding hydrogens is 214 g/mol. The first kappa shape index (κ1) is 12.9. The van der Waals surface area contributed by atoms with Gasteiger partial charge in [0.1, 0.15) is 6.10 Å². The molecule has 3 heteroatoms. The van der Waals surface area contributed by atoms with Crippen LogP contribution in [0, 0.1) is 11.3 Å². The fourth-order valence-corrected chi connectivity index (χ4v) is 3.14. The molecule has 2 rings (SSSR count). The first-order valence-electron chi connectivity index (χ1n) is 6.86. The highest BCUT2D eigenvalue weighted by Crippen LogP contribution is 2.39. The highest BCUT2D eigenvalue weighted by molar-refractivity contribution is 5.69. The topological polar surface area (TPSA) is 29.3 Å². The van der Waals surface area contributed by atoms with Crippen molar-refractivity contribution < 1.29 is 9.53 Å². The Bertz CT molecular complexity index is 284. The Morgan fingerprint density at radius 1 is 1.35 bits per heavy atom. The van der Waals surface area contributed by atoms with Gasteiger partial charge in [0.25, 0.3) is 0 Å². The average molecular weight is 239 g/mol. The maximum Gasteiger partial charge on any atom is 0.307 e. The van der Waals surface area contributed by atoms with Crippen molar-refractivity contribution in [2.45, 2.75) is 52.6 Å². The fourth-order valence-electron chi connectivity index (χ4n) is 3.14. The molecule has 0 amide bonds. The Morgan fingerprint density at radius 2 is 2.06 bits per heavy atom. The first-order chi connectivity index (χ1) is 7.94. The molecule has 0 spiro atoms. The summed E-state index contributed by atoms with van der Waals surface area (Å²) in [6, 6.07) is 0. The molecule has 17 heavy (non-hydrogen) atoms. The molecule has 0 aromatic rings. The van der Waals surface area contributed by atoms with E-state index in [0.29, 0.717) is 17.8 Å². The van der Waals surface area contributed by atoms with E-state index in [2.05, 4.69) is 25.7 Å². The van der Waals surface area contributed by atoms with Crippen LogP contribution in [-0.4, -0.2) is 36.6 Å². The number of carbonyl (C=O) groups is 1. The Hall–Kier alpha value is -0.570. The van der Waals surface area contributed by atoms with Crippen molar-refractivity contribution in [1.29, 1.82) is 0 Å². The fraction of sp³-hybridized carbons (Fsp3) is 0.929. The Morgan fingerprint density at radius 3 is 2.65 bits per heavy atom. The highest BCUT2D eigenvalue weighted by Gasteiger charge is 2.34. The molecule has 1 saturated heterocycles. The summed E-state index contributed by atoms with van der Waals surface area (Å²) < 4.78 is 5.61. The van der Waals surface area contributed by atoms with E-state index >= 15 is 0 Å². The molecule has 0 aromatic heterocycles. The van der Waals surface area contributed by atoms with Crippen LogP contribution in [0.4, 0.5) is 0 Å². The van der Waals surface area contributed by atoms with Gasteiger partial charge < -0.3 is 9.64 Å². The lowest BCUT2D eigenvalue weighted by atomic mass is 9.71. The molecule has 1 saturated carbocycles. The molecule has 0 radical (unpaired) electrons. The van der Waals surface area contributed by atoms with Crippen LogP contribution in [0.2, 0.25) is 0 Å². The van der Waals surface area contributed by atoms with E-state index in [4.69, 9.17) is 4.74 Å². The summed E-state index contributed by atoms with van der Waals surface area (Å²) in [5.41, 5.74) is 0.322. The van der Waals surface area contributed by atoms with E-state index in [-0.39, 0.29) is 12.1 Å². The molecule has 0 unspecified atom stereocenters. The van der Waals surface area contributed by atoms with Gasteiger partial charge in [-0.2, -0.15) is 0 Å². The zero-order valence-corrected chi connectivity index (χ0v) is 11.4. The lowest BCUT2D eigenvalue weighted by Crippen LogP contribution is -2.34. The SMILES string of the molecule is C[C@H]1C[C@@H](OC(=O)CCN2CC2)CC(C)(C)C1. The molecule has 0 bridgehead atoms. The Labute approximate surface area is 105 Å². The van der Waals surface area contributed by atoms with Crippen LogP contribution in [0.5, 0.6) is 0 Å². The van der Waals surface area contributed by atoms with Gasteiger partial charge in [-0.1, -0.05) is 20.8 Å². The minimum atomic E-state index is -0.00759. The van der Waals surface area contributed by atoms with Crippen molar-refractivity contribution in [2.75, 3.05) is 19.6 Å². The van der Waals surface area contributed by atoms with E-state index in [9.17, 15) is 4.79 Å². The van der Waals surface area contributed by atoms with E-state index in [1.54, 1.807) is 0 Å². The summed E-state index contributed by atoms with van der Waals surface area (Å²) in [5.74, 6) is 0.663. The predicted octanol–water partition coefficient (Wildman–Crippen LogP) is 2.45. The molecule has 1 aliphatic heterocycles. The van der Waals surface area contributed by atoms with Crippen molar-refractivity contribution in [1.82, 2.24) is 4.90 Å². The monoisotopic (exact) mass is 239 g/mol. The largest absolute Gasteiger partial charge is 0.462 e. The number of nitrogens with zero attached hydrogens (tertiary/aromatic N) is 1. The molecule has 1 heterocycles. The summed E-state index contributed by atoms with van der Waals surface area (Å²) in [7, 11) is 0. The van der Waals surface area contributed by atoms with E-state index in [1.165, 1.54) is 6.42 Å². The van der Waals surface area contributed by atoms with Crippen LogP contribution >= 0.6 is 0 Å². The van der Waals surface area contributed by atoms with Gasteiger partial charge in [0.15, 0.2) is 0 Å². The van der Waals surface area contributed by atoms with Gasteiger partial charge in [-0.3, -0.25) is 4.79 Å². The normalized spacial score (nSPS) is 32.2. The van der Waals surface area contributed by atoms with Crippen LogP contribution in [-0.2, 0) is 9.53 Å². The number of ether oxygens (including phenoxy) is 1. The molecule has 2 aliphatic rings. The van der Waals surface area contributed by atoms with Crippen molar-refractivity contribution in [2.24, 2.45) is 11.3 Å². The van der Waals surface area contributed by atoms with Crippen LogP contribution < -0.4 is 0 Å². The Kier molecular flexibility index (Phi) is 3.76. The zero-order valence-electron chi connectivity index (χ0n) is 11.4. The summed E-state index contributed by atoms with van der Waals surface area (Å²) in [4.78, 5) is 14.0. The van der Waals surface area contributed by atoms with E-state index in [1.807, 2.05) is 0 Å². The van der Waals surface area contributed by atoms with Gasteiger partial charge >= 0.3 is 5.97 Å². The van der Waals surface area contributed by atoms with Gasteiger partial charge in [-0.15, -0.1) is 0 Å². The second kappa shape index (κ2) is 4.97. The zero-order chi connectivity index (χ0) is 12.5. The van der Waals surface area contributed by atoms with Gasteiger partial charge in [-0.25, -0.2) is 0 Å². The van der Waals surface area contributed by atoms with Crippen LogP contribution in [0.25, 0.3) is 0 Å². The minimum Gasteiger partial charge on any atom is -0.462 e. The van der Waals surface area contributed by atoms with Crippen LogP contribution in [0.15, 0.2) is 0 Å². The first-order valence-corrected chi connectivity index (χ1v) is 6.86. The smallest absolute Gasteiger partial charge is 0.307 e. The maximum absolute atomic E-state index is 11.7. The molecule has 3 nitrogen and oxygen atoms in total. The van der Waals surface area contributed by atoms with Crippen molar-refractivity contribution in [3.05, 3.63) is 0 Å². The van der Waals surface area contributed by atoms with Crippen molar-refractivity contribution in [3.8, 4) is 0 Å². The number of hydrogen-bond donors (Lipinski definition) is 0. The van der Waals surface area contributed by atoms with Crippen LogP contribution in [0.3, 0.4) is 0 Å². The average Bonchev–Trinajstić information content (AvgIpc) is 2.94. The van der Waals surface area contributed by atoms with Gasteiger partial charge in [0.2, 0.25) is 0 Å². The number of rotatable bonds is 4. The second-order valence-electron chi connectivity index (χ2n) is 6.62. The third-order valence-corrected chi connectivity index (χ3v) is 3.82. The third-order valence-electron chi connectivity index (χ3n) is 3.82. The van der Waals surface area contributed by atoms with E-state index < -0.39 is 0 Å². The maximum atomic E-state index is 11.7. The van der Waals surface area contributed by atoms with Crippen molar-refractivity contribution in [3.63, 3.8) is 0 Å². The number of carbonyl (C=O) groups excluding carboxylic acids is 1. The van der Waals surface area contributed by atoms with Crippen molar-refractivity contribution >= 4 is 5.97 Å². The summed E-state index contributed by atoms with van der Waals surface area (Å²) >= 11 is 0.